The van der Waals surface area contributed by atoms with Gasteiger partial charge in [0, 0.05) is 20.9 Å². The monoisotopic (exact) mass is 258 g/mol. The lowest BCUT2D eigenvalue weighted by molar-refractivity contribution is 0.604. The van der Waals surface area contributed by atoms with E-state index in [0.29, 0.717) is 4.21 Å². The topological polar surface area (TPSA) is 34.1 Å². The average Bonchev–Trinajstić information content (AvgIpc) is 2.69. The number of thiophene rings is 2. The van der Waals surface area contributed by atoms with Gasteiger partial charge in [0.2, 0.25) is 0 Å². The summed E-state index contributed by atoms with van der Waals surface area (Å²) in [4.78, 5) is 3.39. The molecule has 0 N–H and O–H groups in total. The Morgan fingerprint density at radius 2 is 1.60 bits per heavy atom. The summed E-state index contributed by atoms with van der Waals surface area (Å²) in [5.74, 6) is 0. The third kappa shape index (κ3) is 2.30. The highest BCUT2D eigenvalue weighted by Gasteiger charge is 2.12. The van der Waals surface area contributed by atoms with Crippen molar-refractivity contribution in [3.05, 3.63) is 29.1 Å². The zero-order valence-electron chi connectivity index (χ0n) is 8.35. The molecule has 0 aliphatic carbocycles. The van der Waals surface area contributed by atoms with Crippen molar-refractivity contribution in [3.8, 4) is 9.75 Å². The van der Waals surface area contributed by atoms with Crippen molar-refractivity contribution < 1.29 is 8.42 Å². The summed E-state index contributed by atoms with van der Waals surface area (Å²) < 4.78 is 23.0. The van der Waals surface area contributed by atoms with E-state index in [1.54, 1.807) is 17.4 Å². The highest BCUT2D eigenvalue weighted by atomic mass is 32.2. The Hall–Kier alpha value is -0.650. The summed E-state index contributed by atoms with van der Waals surface area (Å²) in [6, 6.07) is 7.61. The van der Waals surface area contributed by atoms with E-state index >= 15 is 0 Å². The van der Waals surface area contributed by atoms with E-state index in [0.717, 1.165) is 9.75 Å². The minimum atomic E-state index is -3.06. The lowest BCUT2D eigenvalue weighted by Crippen LogP contribution is -1.91. The number of sulfone groups is 1. The molecule has 0 aliphatic rings. The zero-order valence-corrected chi connectivity index (χ0v) is 10.8. The van der Waals surface area contributed by atoms with Gasteiger partial charge in [0.25, 0.3) is 0 Å². The van der Waals surface area contributed by atoms with Crippen molar-refractivity contribution in [1.29, 1.82) is 0 Å². The van der Waals surface area contributed by atoms with Crippen LogP contribution >= 0.6 is 22.7 Å². The van der Waals surface area contributed by atoms with E-state index in [1.807, 2.05) is 25.1 Å². The lowest BCUT2D eigenvalue weighted by atomic mass is 10.4. The predicted octanol–water partition coefficient (Wildman–Crippen LogP) is 3.19. The van der Waals surface area contributed by atoms with Crippen LogP contribution in [0.2, 0.25) is 0 Å². The van der Waals surface area contributed by atoms with E-state index in [2.05, 4.69) is 0 Å². The van der Waals surface area contributed by atoms with Crippen LogP contribution in [0.1, 0.15) is 4.88 Å². The summed E-state index contributed by atoms with van der Waals surface area (Å²) in [7, 11) is -3.06. The molecule has 5 heteroatoms. The molecule has 0 spiro atoms. The van der Waals surface area contributed by atoms with Crippen LogP contribution in [0.3, 0.4) is 0 Å². The maximum atomic E-state index is 11.3. The van der Waals surface area contributed by atoms with E-state index < -0.39 is 9.84 Å². The molecule has 2 aromatic rings. The Kier molecular flexibility index (Phi) is 2.70. The van der Waals surface area contributed by atoms with Crippen LogP contribution in [0.5, 0.6) is 0 Å². The minimum absolute atomic E-state index is 0.434. The summed E-state index contributed by atoms with van der Waals surface area (Å²) >= 11 is 3.01. The van der Waals surface area contributed by atoms with E-state index in [1.165, 1.54) is 22.5 Å². The summed E-state index contributed by atoms with van der Waals surface area (Å²) in [6.45, 7) is 2.04. The molecule has 2 heterocycles. The van der Waals surface area contributed by atoms with E-state index in [4.69, 9.17) is 0 Å². The fraction of sp³-hybridized carbons (Fsp3) is 0.200. The molecule has 0 fully saturated rings. The molecule has 2 aromatic heterocycles. The molecule has 0 unspecified atom stereocenters. The van der Waals surface area contributed by atoms with Crippen LogP contribution < -0.4 is 0 Å². The Morgan fingerprint density at radius 1 is 1.00 bits per heavy atom. The number of hydrogen-bond donors (Lipinski definition) is 0. The lowest BCUT2D eigenvalue weighted by Gasteiger charge is -1.90. The van der Waals surface area contributed by atoms with Gasteiger partial charge in [0.1, 0.15) is 4.21 Å². The minimum Gasteiger partial charge on any atom is -0.223 e. The van der Waals surface area contributed by atoms with Gasteiger partial charge in [-0.05, 0) is 31.2 Å². The molecule has 0 saturated heterocycles. The Balaban J connectivity index is 2.44. The van der Waals surface area contributed by atoms with Gasteiger partial charge in [0.15, 0.2) is 9.84 Å². The molecule has 15 heavy (non-hydrogen) atoms. The Labute approximate surface area is 97.1 Å². The van der Waals surface area contributed by atoms with E-state index in [-0.39, 0.29) is 0 Å². The normalized spacial score (nSPS) is 11.9. The molecule has 0 amide bonds. The van der Waals surface area contributed by atoms with Crippen molar-refractivity contribution in [2.24, 2.45) is 0 Å². The van der Waals surface area contributed by atoms with Crippen LogP contribution in [-0.2, 0) is 9.84 Å². The second-order valence-electron chi connectivity index (χ2n) is 3.30. The van der Waals surface area contributed by atoms with Gasteiger partial charge >= 0.3 is 0 Å². The molecule has 0 radical (unpaired) electrons. The van der Waals surface area contributed by atoms with Crippen LogP contribution in [0.25, 0.3) is 9.75 Å². The highest BCUT2D eigenvalue weighted by Crippen LogP contribution is 2.34. The first kappa shape index (κ1) is 10.9. The fourth-order valence-corrected chi connectivity index (χ4v) is 4.10. The standard InChI is InChI=1S/C10H10O2S3/c1-7-3-4-8(13-7)9-5-6-10(14-9)15(2,11)12/h3-6H,1-2H3. The highest BCUT2D eigenvalue weighted by molar-refractivity contribution is 7.92. The maximum Gasteiger partial charge on any atom is 0.184 e. The number of aryl methyl sites for hydroxylation is 1. The second-order valence-corrected chi connectivity index (χ2v) is 7.92. The third-order valence-corrected chi connectivity index (χ3v) is 6.03. The quantitative estimate of drug-likeness (QED) is 0.829. The number of rotatable bonds is 2. The average molecular weight is 258 g/mol. The zero-order chi connectivity index (χ0) is 11.1. The Bertz CT molecular complexity index is 575. The van der Waals surface area contributed by atoms with Gasteiger partial charge < -0.3 is 0 Å². The molecule has 2 rings (SSSR count). The molecule has 0 aromatic carbocycles. The maximum absolute atomic E-state index is 11.3. The first-order valence-corrected chi connectivity index (χ1v) is 7.86. The van der Waals surface area contributed by atoms with Crippen molar-refractivity contribution in [1.82, 2.24) is 0 Å². The van der Waals surface area contributed by atoms with Crippen molar-refractivity contribution in [2.45, 2.75) is 11.1 Å². The molecular formula is C10H10O2S3. The van der Waals surface area contributed by atoms with Gasteiger partial charge in [-0.2, -0.15) is 0 Å². The smallest absolute Gasteiger partial charge is 0.184 e. The summed E-state index contributed by atoms with van der Waals surface area (Å²) in [5, 5.41) is 0. The van der Waals surface area contributed by atoms with Crippen molar-refractivity contribution >= 4 is 32.5 Å². The molecule has 2 nitrogen and oxygen atoms in total. The Morgan fingerprint density at radius 3 is 2.07 bits per heavy atom. The summed E-state index contributed by atoms with van der Waals surface area (Å²) in [5.41, 5.74) is 0. The molecule has 80 valence electrons. The van der Waals surface area contributed by atoms with Gasteiger partial charge in [-0.1, -0.05) is 0 Å². The second kappa shape index (κ2) is 3.73. The van der Waals surface area contributed by atoms with Gasteiger partial charge in [0.05, 0.1) is 0 Å². The molecule has 0 aliphatic heterocycles. The van der Waals surface area contributed by atoms with Crippen LogP contribution in [0.15, 0.2) is 28.5 Å². The van der Waals surface area contributed by atoms with E-state index in [9.17, 15) is 8.42 Å². The first-order chi connectivity index (χ1) is 6.97. The molecule has 0 bridgehead atoms. The summed E-state index contributed by atoms with van der Waals surface area (Å²) in [6.07, 6.45) is 1.24. The molecule has 0 atom stereocenters. The molecule has 0 saturated carbocycles. The third-order valence-electron chi connectivity index (χ3n) is 1.93. The predicted molar refractivity (Wildman–Crippen MR) is 65.5 cm³/mol. The van der Waals surface area contributed by atoms with Crippen molar-refractivity contribution in [3.63, 3.8) is 0 Å². The van der Waals surface area contributed by atoms with Gasteiger partial charge in [-0.15, -0.1) is 22.7 Å². The first-order valence-electron chi connectivity index (χ1n) is 4.33. The van der Waals surface area contributed by atoms with Gasteiger partial charge in [-0.3, -0.25) is 0 Å². The number of hydrogen-bond acceptors (Lipinski definition) is 4. The molecular weight excluding hydrogens is 248 g/mol. The van der Waals surface area contributed by atoms with Crippen LogP contribution in [-0.4, -0.2) is 14.7 Å². The van der Waals surface area contributed by atoms with Crippen LogP contribution in [0.4, 0.5) is 0 Å². The fourth-order valence-electron chi connectivity index (χ4n) is 1.22. The van der Waals surface area contributed by atoms with Crippen molar-refractivity contribution in [2.75, 3.05) is 6.26 Å². The van der Waals surface area contributed by atoms with Crippen LogP contribution in [0, 0.1) is 6.92 Å². The van der Waals surface area contributed by atoms with Gasteiger partial charge in [-0.25, -0.2) is 8.42 Å². The SMILES string of the molecule is Cc1ccc(-c2ccc(S(C)(=O)=O)s2)s1. The largest absolute Gasteiger partial charge is 0.223 e.